The number of urea groups is 2. The van der Waals surface area contributed by atoms with Gasteiger partial charge >= 0.3 is 12.1 Å². The normalized spacial score (nSPS) is 16.3. The molecule has 1 aliphatic heterocycles. The third-order valence-corrected chi connectivity index (χ3v) is 6.97. The molecule has 0 fully saturated rings. The van der Waals surface area contributed by atoms with Crippen molar-refractivity contribution in [3.05, 3.63) is 119 Å². The van der Waals surface area contributed by atoms with Gasteiger partial charge in [-0.05, 0) is 73.5 Å². The Labute approximate surface area is 231 Å². The maximum atomic E-state index is 13.8. The molecule has 4 aromatic rings. The van der Waals surface area contributed by atoms with Crippen molar-refractivity contribution >= 4 is 58.0 Å². The Kier molecular flexibility index (Phi) is 7.54. The zero-order valence-electron chi connectivity index (χ0n) is 20.6. The third kappa shape index (κ3) is 5.47. The van der Waals surface area contributed by atoms with E-state index >= 15 is 0 Å². The molecule has 5 rings (SSSR count). The van der Waals surface area contributed by atoms with E-state index in [4.69, 9.17) is 23.2 Å². The number of para-hydroxylation sites is 2. The van der Waals surface area contributed by atoms with E-state index in [0.717, 1.165) is 16.9 Å². The van der Waals surface area contributed by atoms with Crippen molar-refractivity contribution in [2.45, 2.75) is 25.4 Å². The van der Waals surface area contributed by atoms with E-state index in [1.54, 1.807) is 58.3 Å². The molecule has 0 saturated carbocycles. The Morgan fingerprint density at radius 2 is 1.39 bits per heavy atom. The van der Waals surface area contributed by atoms with Crippen LogP contribution in [0.5, 0.6) is 0 Å². The number of nitrogens with one attached hydrogen (secondary N) is 2. The van der Waals surface area contributed by atoms with E-state index in [0.29, 0.717) is 27.8 Å². The summed E-state index contributed by atoms with van der Waals surface area (Å²) in [5, 5.41) is 7.03. The Hall–Kier alpha value is -4.00. The number of nitrogens with zero attached hydrogens (tertiary/aromatic N) is 2. The summed E-state index contributed by atoms with van der Waals surface area (Å²) in [7, 11) is 0. The molecule has 2 N–H and O–H groups in total. The van der Waals surface area contributed by atoms with Crippen molar-refractivity contribution in [3.63, 3.8) is 0 Å². The van der Waals surface area contributed by atoms with Crippen molar-refractivity contribution in [2.75, 3.05) is 20.4 Å². The van der Waals surface area contributed by atoms with E-state index in [2.05, 4.69) is 10.6 Å². The van der Waals surface area contributed by atoms with Gasteiger partial charge in [-0.3, -0.25) is 9.80 Å². The van der Waals surface area contributed by atoms with Gasteiger partial charge in [0.25, 0.3) is 0 Å². The number of benzene rings is 4. The molecular formula is C30H26Cl2N4O2. The van der Waals surface area contributed by atoms with Gasteiger partial charge in [0.15, 0.2) is 0 Å². The van der Waals surface area contributed by atoms with E-state index in [1.807, 2.05) is 61.5 Å². The van der Waals surface area contributed by atoms with Crippen LogP contribution < -0.4 is 20.4 Å². The Bertz CT molecular complexity index is 1460. The van der Waals surface area contributed by atoms with Crippen LogP contribution in [0, 0.1) is 0 Å². The summed E-state index contributed by atoms with van der Waals surface area (Å²) in [6.45, 7) is 1.98. The van der Waals surface area contributed by atoms with E-state index in [1.165, 1.54) is 0 Å². The van der Waals surface area contributed by atoms with Crippen LogP contribution in [-0.2, 0) is 0 Å². The fraction of sp³-hybridized carbons (Fsp3) is 0.133. The number of fused-ring (bicyclic) bond motifs is 1. The molecule has 0 aromatic heterocycles. The highest BCUT2D eigenvalue weighted by Crippen LogP contribution is 2.42. The minimum absolute atomic E-state index is 0.209. The van der Waals surface area contributed by atoms with Crippen LogP contribution in [0.25, 0.3) is 0 Å². The second-order valence-electron chi connectivity index (χ2n) is 9.12. The number of hydrogen-bond donors (Lipinski definition) is 2. The first-order valence-electron chi connectivity index (χ1n) is 12.3. The molecule has 1 heterocycles. The van der Waals surface area contributed by atoms with E-state index in [9.17, 15) is 9.59 Å². The van der Waals surface area contributed by atoms with Gasteiger partial charge < -0.3 is 10.6 Å². The summed E-state index contributed by atoms with van der Waals surface area (Å²) in [6.07, 6.45) is 0.526. The SMILES string of the molecule is CC1CC(N(C(=O)Nc2cccc(Cl)c2)c2ccccc2)c2ccccc2N1C(=O)Nc1cccc(Cl)c1. The van der Waals surface area contributed by atoms with E-state index < -0.39 is 0 Å². The van der Waals surface area contributed by atoms with Crippen LogP contribution in [0.15, 0.2) is 103 Å². The van der Waals surface area contributed by atoms with Gasteiger partial charge in [0.1, 0.15) is 0 Å². The minimum Gasteiger partial charge on any atom is -0.307 e. The highest BCUT2D eigenvalue weighted by Gasteiger charge is 2.38. The first kappa shape index (κ1) is 25.6. The van der Waals surface area contributed by atoms with Gasteiger partial charge in [0, 0.05) is 33.1 Å². The first-order chi connectivity index (χ1) is 18.4. The monoisotopic (exact) mass is 544 g/mol. The van der Waals surface area contributed by atoms with Gasteiger partial charge in [-0.2, -0.15) is 0 Å². The molecule has 2 atom stereocenters. The molecule has 192 valence electrons. The van der Waals surface area contributed by atoms with E-state index in [-0.39, 0.29) is 24.1 Å². The zero-order chi connectivity index (χ0) is 26.6. The summed E-state index contributed by atoms with van der Waals surface area (Å²) in [4.78, 5) is 30.8. The highest BCUT2D eigenvalue weighted by atomic mass is 35.5. The molecule has 0 bridgehead atoms. The molecule has 6 nitrogen and oxygen atoms in total. The van der Waals surface area contributed by atoms with Crippen molar-refractivity contribution in [1.29, 1.82) is 0 Å². The van der Waals surface area contributed by atoms with Crippen LogP contribution in [-0.4, -0.2) is 18.1 Å². The molecule has 0 radical (unpaired) electrons. The van der Waals surface area contributed by atoms with Gasteiger partial charge in [0.05, 0.1) is 11.7 Å². The Morgan fingerprint density at radius 3 is 2.05 bits per heavy atom. The topological polar surface area (TPSA) is 64.7 Å². The van der Waals surface area contributed by atoms with Crippen LogP contribution >= 0.6 is 23.2 Å². The number of hydrogen-bond acceptors (Lipinski definition) is 2. The molecular weight excluding hydrogens is 519 g/mol. The third-order valence-electron chi connectivity index (χ3n) is 6.50. The van der Waals surface area contributed by atoms with Crippen LogP contribution in [0.1, 0.15) is 24.9 Å². The molecule has 0 saturated heterocycles. The average molecular weight is 545 g/mol. The Morgan fingerprint density at radius 1 is 0.789 bits per heavy atom. The fourth-order valence-corrected chi connectivity index (χ4v) is 5.24. The first-order valence-corrected chi connectivity index (χ1v) is 13.0. The quantitative estimate of drug-likeness (QED) is 0.270. The molecule has 2 unspecified atom stereocenters. The largest absolute Gasteiger partial charge is 0.326 e. The van der Waals surface area contributed by atoms with Crippen molar-refractivity contribution in [1.82, 2.24) is 0 Å². The van der Waals surface area contributed by atoms with Gasteiger partial charge in [-0.1, -0.05) is 71.7 Å². The summed E-state index contributed by atoms with van der Waals surface area (Å²) >= 11 is 12.3. The standard InChI is InChI=1S/C30H26Cl2N4O2/c1-20-17-28(36(25-13-3-2-4-14-25)30(38)34-24-12-8-10-22(32)19-24)26-15-5-6-16-27(26)35(20)29(37)33-23-11-7-9-21(31)18-23/h2-16,18-20,28H,17H2,1H3,(H,33,37)(H,34,38). The van der Waals surface area contributed by atoms with Gasteiger partial charge in [-0.25, -0.2) is 9.59 Å². The molecule has 0 spiro atoms. The molecule has 8 heteroatoms. The minimum atomic E-state index is -0.321. The van der Waals surface area contributed by atoms with Gasteiger partial charge in [0.2, 0.25) is 0 Å². The van der Waals surface area contributed by atoms with Crippen molar-refractivity contribution in [3.8, 4) is 0 Å². The van der Waals surface area contributed by atoms with Crippen molar-refractivity contribution in [2.24, 2.45) is 0 Å². The maximum Gasteiger partial charge on any atom is 0.326 e. The molecule has 4 amide bonds. The lowest BCUT2D eigenvalue weighted by atomic mass is 9.90. The lowest BCUT2D eigenvalue weighted by molar-refractivity contribution is 0.251. The predicted molar refractivity (Wildman–Crippen MR) is 156 cm³/mol. The molecule has 38 heavy (non-hydrogen) atoms. The van der Waals surface area contributed by atoms with Crippen LogP contribution in [0.4, 0.5) is 32.3 Å². The number of carbonyl (C=O) groups excluding carboxylic acids is 2. The maximum absolute atomic E-state index is 13.8. The summed E-state index contributed by atoms with van der Waals surface area (Å²) < 4.78 is 0. The highest BCUT2D eigenvalue weighted by molar-refractivity contribution is 6.31. The van der Waals surface area contributed by atoms with Crippen molar-refractivity contribution < 1.29 is 9.59 Å². The summed E-state index contributed by atoms with van der Waals surface area (Å²) in [5.74, 6) is 0. The fourth-order valence-electron chi connectivity index (χ4n) is 4.86. The van der Waals surface area contributed by atoms with Crippen LogP contribution in [0.3, 0.4) is 0 Å². The molecule has 1 aliphatic rings. The number of rotatable bonds is 4. The number of carbonyl (C=O) groups is 2. The number of anilines is 4. The lowest BCUT2D eigenvalue weighted by Gasteiger charge is -2.43. The smallest absolute Gasteiger partial charge is 0.307 e. The zero-order valence-corrected chi connectivity index (χ0v) is 22.2. The average Bonchev–Trinajstić information content (AvgIpc) is 2.89. The number of amides is 4. The number of halogens is 2. The van der Waals surface area contributed by atoms with Crippen LogP contribution in [0.2, 0.25) is 10.0 Å². The van der Waals surface area contributed by atoms with Gasteiger partial charge in [-0.15, -0.1) is 0 Å². The second kappa shape index (κ2) is 11.2. The molecule has 4 aromatic carbocycles. The summed E-state index contributed by atoms with van der Waals surface area (Å²) in [5.41, 5.74) is 3.57. The Balaban J connectivity index is 1.51. The molecule has 0 aliphatic carbocycles. The summed E-state index contributed by atoms with van der Waals surface area (Å²) in [6, 6.07) is 30.2. The predicted octanol–water partition coefficient (Wildman–Crippen LogP) is 8.60. The lowest BCUT2D eigenvalue weighted by Crippen LogP contribution is -2.49. The second-order valence-corrected chi connectivity index (χ2v) is 9.99.